The maximum atomic E-state index is 13.0. The second-order valence-electron chi connectivity index (χ2n) is 5.09. The first-order valence-electron chi connectivity index (χ1n) is 6.47. The largest absolute Gasteiger partial charge is 0.395 e. The number of nitrogens with zero attached hydrogens (tertiary/aromatic N) is 1. The first-order valence-corrected chi connectivity index (χ1v) is 6.47. The van der Waals surface area contributed by atoms with E-state index in [1.165, 1.54) is 18.2 Å². The maximum absolute atomic E-state index is 13.0. The number of aryl methyl sites for hydroxylation is 1. The van der Waals surface area contributed by atoms with Gasteiger partial charge < -0.3 is 11.1 Å². The third-order valence-electron chi connectivity index (χ3n) is 3.47. The Bertz CT molecular complexity index is 676. The minimum atomic E-state index is -0.389. The van der Waals surface area contributed by atoms with Crippen LogP contribution in [-0.2, 0) is 0 Å². The summed E-state index contributed by atoms with van der Waals surface area (Å²) in [7, 11) is 0. The van der Waals surface area contributed by atoms with E-state index in [9.17, 15) is 9.18 Å². The standard InChI is InChI=1S/C14H15FN4O/c1-7-6-9(15)4-5-10(7)17-14(20)13-11(16)12(18-19-13)8-2-3-8/h4-6,8H,2-3,16H2,1H3,(H,17,20)(H,18,19). The summed E-state index contributed by atoms with van der Waals surface area (Å²) in [6.45, 7) is 1.72. The van der Waals surface area contributed by atoms with E-state index in [4.69, 9.17) is 5.73 Å². The number of hydrogen-bond donors (Lipinski definition) is 3. The van der Waals surface area contributed by atoms with Crippen molar-refractivity contribution >= 4 is 17.3 Å². The van der Waals surface area contributed by atoms with Crippen molar-refractivity contribution in [1.82, 2.24) is 10.2 Å². The number of carbonyl (C=O) groups excluding carboxylic acids is 1. The van der Waals surface area contributed by atoms with Gasteiger partial charge in [0, 0.05) is 11.6 Å². The molecule has 0 radical (unpaired) electrons. The van der Waals surface area contributed by atoms with Crippen LogP contribution in [0.2, 0.25) is 0 Å². The zero-order chi connectivity index (χ0) is 14.3. The van der Waals surface area contributed by atoms with E-state index < -0.39 is 0 Å². The maximum Gasteiger partial charge on any atom is 0.278 e. The lowest BCUT2D eigenvalue weighted by Gasteiger charge is -2.07. The minimum absolute atomic E-state index is 0.190. The lowest BCUT2D eigenvalue weighted by molar-refractivity contribution is 0.102. The number of hydrogen-bond acceptors (Lipinski definition) is 3. The molecule has 3 rings (SSSR count). The summed E-state index contributed by atoms with van der Waals surface area (Å²) in [5.74, 6) is -0.326. The molecule has 0 spiro atoms. The zero-order valence-electron chi connectivity index (χ0n) is 11.0. The van der Waals surface area contributed by atoms with E-state index in [0.717, 1.165) is 18.5 Å². The van der Waals surface area contributed by atoms with Crippen LogP contribution in [0, 0.1) is 12.7 Å². The Balaban J connectivity index is 1.82. The molecule has 0 saturated heterocycles. The molecule has 6 heteroatoms. The van der Waals surface area contributed by atoms with Gasteiger partial charge in [-0.05, 0) is 43.5 Å². The van der Waals surface area contributed by atoms with Crippen LogP contribution in [0.5, 0.6) is 0 Å². The summed E-state index contributed by atoms with van der Waals surface area (Å²) in [6, 6.07) is 4.18. The van der Waals surface area contributed by atoms with Gasteiger partial charge in [-0.1, -0.05) is 0 Å². The van der Waals surface area contributed by atoms with Crippen molar-refractivity contribution in [2.24, 2.45) is 0 Å². The summed E-state index contributed by atoms with van der Waals surface area (Å²) in [5.41, 5.74) is 8.58. The highest BCUT2D eigenvalue weighted by molar-refractivity contribution is 6.06. The van der Waals surface area contributed by atoms with Crippen LogP contribution in [0.3, 0.4) is 0 Å². The van der Waals surface area contributed by atoms with Gasteiger partial charge in [0.15, 0.2) is 5.69 Å². The SMILES string of the molecule is Cc1cc(F)ccc1NC(=O)c1n[nH]c(C2CC2)c1N. The Hall–Kier alpha value is -2.37. The number of aromatic nitrogens is 2. The van der Waals surface area contributed by atoms with Gasteiger partial charge in [0.25, 0.3) is 5.91 Å². The van der Waals surface area contributed by atoms with E-state index in [1.807, 2.05) is 0 Å². The van der Waals surface area contributed by atoms with Gasteiger partial charge in [-0.15, -0.1) is 0 Å². The molecule has 104 valence electrons. The molecule has 1 aromatic heterocycles. The Labute approximate surface area is 115 Å². The number of rotatable bonds is 3. The molecule has 1 aliphatic rings. The van der Waals surface area contributed by atoms with E-state index in [1.54, 1.807) is 6.92 Å². The Morgan fingerprint density at radius 2 is 2.25 bits per heavy atom. The molecule has 4 N–H and O–H groups in total. The first-order chi connectivity index (χ1) is 9.56. The van der Waals surface area contributed by atoms with Crippen molar-refractivity contribution in [1.29, 1.82) is 0 Å². The van der Waals surface area contributed by atoms with Crippen LogP contribution in [0.15, 0.2) is 18.2 Å². The molecule has 20 heavy (non-hydrogen) atoms. The van der Waals surface area contributed by atoms with Crippen molar-refractivity contribution in [3.8, 4) is 0 Å². The molecule has 1 fully saturated rings. The molecule has 1 saturated carbocycles. The number of H-pyrrole nitrogens is 1. The van der Waals surface area contributed by atoms with Gasteiger partial charge in [-0.3, -0.25) is 9.89 Å². The van der Waals surface area contributed by atoms with Crippen molar-refractivity contribution in [2.75, 3.05) is 11.1 Å². The predicted octanol–water partition coefficient (Wildman–Crippen LogP) is 2.57. The third kappa shape index (κ3) is 2.24. The van der Waals surface area contributed by atoms with Crippen LogP contribution >= 0.6 is 0 Å². The second kappa shape index (κ2) is 4.63. The Kier molecular flexibility index (Phi) is 2.93. The van der Waals surface area contributed by atoms with Gasteiger partial charge in [0.05, 0.1) is 11.4 Å². The number of carbonyl (C=O) groups is 1. The highest BCUT2D eigenvalue weighted by Gasteiger charge is 2.30. The molecule has 1 heterocycles. The van der Waals surface area contributed by atoms with Crippen LogP contribution in [0.25, 0.3) is 0 Å². The number of benzene rings is 1. The number of aromatic amines is 1. The fraction of sp³-hybridized carbons (Fsp3) is 0.286. The van der Waals surface area contributed by atoms with E-state index in [0.29, 0.717) is 22.9 Å². The molecular weight excluding hydrogens is 259 g/mol. The van der Waals surface area contributed by atoms with Gasteiger partial charge in [0.1, 0.15) is 5.82 Å². The minimum Gasteiger partial charge on any atom is -0.395 e. The number of nitrogens with two attached hydrogens (primary N) is 1. The van der Waals surface area contributed by atoms with Gasteiger partial charge in [-0.25, -0.2) is 4.39 Å². The molecule has 1 amide bonds. The van der Waals surface area contributed by atoms with Crippen molar-refractivity contribution in [3.63, 3.8) is 0 Å². The molecule has 5 nitrogen and oxygen atoms in total. The first kappa shape index (κ1) is 12.7. The summed E-state index contributed by atoms with van der Waals surface area (Å²) < 4.78 is 13.0. The topological polar surface area (TPSA) is 83.8 Å². The van der Waals surface area contributed by atoms with Crippen LogP contribution in [-0.4, -0.2) is 16.1 Å². The summed E-state index contributed by atoms with van der Waals surface area (Å²) >= 11 is 0. The monoisotopic (exact) mass is 274 g/mol. The quantitative estimate of drug-likeness (QED) is 0.804. The highest BCUT2D eigenvalue weighted by Crippen LogP contribution is 2.42. The highest BCUT2D eigenvalue weighted by atomic mass is 19.1. The Morgan fingerprint density at radius 3 is 2.90 bits per heavy atom. The summed E-state index contributed by atoms with van der Waals surface area (Å²) in [6.07, 6.45) is 2.15. The number of anilines is 2. The third-order valence-corrected chi connectivity index (χ3v) is 3.47. The van der Waals surface area contributed by atoms with Crippen LogP contribution in [0.4, 0.5) is 15.8 Å². The summed E-state index contributed by atoms with van der Waals surface area (Å²) in [4.78, 5) is 12.2. The molecule has 1 aromatic carbocycles. The summed E-state index contributed by atoms with van der Waals surface area (Å²) in [5, 5.41) is 9.51. The van der Waals surface area contributed by atoms with Gasteiger partial charge in [-0.2, -0.15) is 5.10 Å². The van der Waals surface area contributed by atoms with Gasteiger partial charge >= 0.3 is 0 Å². The smallest absolute Gasteiger partial charge is 0.278 e. The zero-order valence-corrected chi connectivity index (χ0v) is 11.0. The average Bonchev–Trinajstić information content (AvgIpc) is 3.16. The molecule has 0 atom stereocenters. The Morgan fingerprint density at radius 1 is 1.50 bits per heavy atom. The molecule has 1 aliphatic carbocycles. The van der Waals surface area contributed by atoms with E-state index in [2.05, 4.69) is 15.5 Å². The fourth-order valence-electron chi connectivity index (χ4n) is 2.17. The molecular formula is C14H15FN4O. The molecule has 0 bridgehead atoms. The number of halogens is 1. The molecule has 2 aromatic rings. The van der Waals surface area contributed by atoms with Crippen LogP contribution in [0.1, 0.15) is 40.5 Å². The lowest BCUT2D eigenvalue weighted by atomic mass is 10.2. The van der Waals surface area contributed by atoms with Crippen molar-refractivity contribution < 1.29 is 9.18 Å². The van der Waals surface area contributed by atoms with Crippen LogP contribution < -0.4 is 11.1 Å². The predicted molar refractivity (Wildman–Crippen MR) is 74.1 cm³/mol. The molecule has 0 aliphatic heterocycles. The second-order valence-corrected chi connectivity index (χ2v) is 5.09. The normalized spacial score (nSPS) is 14.3. The average molecular weight is 274 g/mol. The van der Waals surface area contributed by atoms with E-state index in [-0.39, 0.29) is 17.4 Å². The number of amides is 1. The van der Waals surface area contributed by atoms with Crippen molar-refractivity contribution in [2.45, 2.75) is 25.7 Å². The molecule has 0 unspecified atom stereocenters. The lowest BCUT2D eigenvalue weighted by Crippen LogP contribution is -2.15. The number of nitrogens with one attached hydrogen (secondary N) is 2. The van der Waals surface area contributed by atoms with Gasteiger partial charge in [0.2, 0.25) is 0 Å². The van der Waals surface area contributed by atoms with Crippen molar-refractivity contribution in [3.05, 3.63) is 41.0 Å². The fourth-order valence-corrected chi connectivity index (χ4v) is 2.17. The van der Waals surface area contributed by atoms with E-state index >= 15 is 0 Å². The number of nitrogen functional groups attached to an aromatic ring is 1.